The molecular weight excluding hydrogens is 677 g/mol. The van der Waals surface area contributed by atoms with Crippen molar-refractivity contribution >= 4 is 60.9 Å². The third kappa shape index (κ3) is 5.37. The summed E-state index contributed by atoms with van der Waals surface area (Å²) in [6, 6.07) is 11.9. The molecule has 0 fully saturated rings. The molecule has 1 N–H and O–H groups in total. The zero-order valence-corrected chi connectivity index (χ0v) is 24.6. The van der Waals surface area contributed by atoms with Crippen LogP contribution < -0.4 is 5.32 Å². The van der Waals surface area contributed by atoms with Gasteiger partial charge in [0, 0.05) is 18.1 Å². The van der Waals surface area contributed by atoms with Crippen molar-refractivity contribution in [3.8, 4) is 10.6 Å². The lowest BCUT2D eigenvalue weighted by molar-refractivity contribution is -0.138. The molecule has 1 unspecified atom stereocenters. The van der Waals surface area contributed by atoms with Crippen LogP contribution in [0, 0.1) is 0 Å². The molecule has 3 heterocycles. The zero-order chi connectivity index (χ0) is 28.8. The summed E-state index contributed by atoms with van der Waals surface area (Å²) >= 11 is 8.09. The molecule has 206 valence electrons. The van der Waals surface area contributed by atoms with Gasteiger partial charge in [-0.05, 0) is 68.1 Å². The van der Waals surface area contributed by atoms with Gasteiger partial charge in [0.1, 0.15) is 0 Å². The fourth-order valence-electron chi connectivity index (χ4n) is 4.59. The smallest absolute Gasteiger partial charge is 0.346 e. The Morgan fingerprint density at radius 1 is 1.02 bits per heavy atom. The molecular formula is C27H19Br2F3N4O3S. The number of fused-ring (bicyclic) bond motifs is 1. The van der Waals surface area contributed by atoms with Crippen LogP contribution >= 0.6 is 43.2 Å². The molecule has 1 atom stereocenters. The maximum atomic E-state index is 13.8. The predicted molar refractivity (Wildman–Crippen MR) is 150 cm³/mol. The Kier molecular flexibility index (Phi) is 7.73. The molecule has 1 aliphatic heterocycles. The van der Waals surface area contributed by atoms with Gasteiger partial charge >= 0.3 is 6.18 Å². The molecule has 0 bridgehead atoms. The number of halogens is 5. The maximum absolute atomic E-state index is 13.8. The van der Waals surface area contributed by atoms with E-state index in [-0.39, 0.29) is 34.5 Å². The normalized spacial score (nSPS) is 14.0. The number of alkyl halides is 3. The van der Waals surface area contributed by atoms with E-state index in [0.29, 0.717) is 4.47 Å². The molecule has 7 nitrogen and oxygen atoms in total. The van der Waals surface area contributed by atoms with Crippen molar-refractivity contribution in [3.63, 3.8) is 0 Å². The van der Waals surface area contributed by atoms with Crippen molar-refractivity contribution in [3.05, 3.63) is 96.9 Å². The molecule has 1 aliphatic rings. The van der Waals surface area contributed by atoms with Crippen LogP contribution in [0.15, 0.2) is 69.7 Å². The van der Waals surface area contributed by atoms with E-state index in [1.54, 1.807) is 36.1 Å². The number of aryl methyl sites for hydroxylation is 1. The predicted octanol–water partition coefficient (Wildman–Crippen LogP) is 6.33. The second-order valence-corrected chi connectivity index (χ2v) is 11.8. The Bertz CT molecular complexity index is 1600. The van der Waals surface area contributed by atoms with Crippen molar-refractivity contribution in [1.29, 1.82) is 0 Å². The monoisotopic (exact) mass is 694 g/mol. The van der Waals surface area contributed by atoms with Gasteiger partial charge in [0.15, 0.2) is 0 Å². The number of thiophene rings is 1. The number of hydrogen-bond acceptors (Lipinski definition) is 5. The van der Waals surface area contributed by atoms with E-state index in [1.807, 2.05) is 0 Å². The van der Waals surface area contributed by atoms with Gasteiger partial charge in [-0.3, -0.25) is 24.0 Å². The van der Waals surface area contributed by atoms with Crippen LogP contribution in [0.4, 0.5) is 13.2 Å². The number of carbonyl (C=O) groups excluding carboxylic acids is 3. The first-order valence-corrected chi connectivity index (χ1v) is 14.2. The Labute approximate surface area is 247 Å². The third-order valence-electron chi connectivity index (χ3n) is 6.43. The lowest BCUT2D eigenvalue weighted by atomic mass is 9.99. The first-order chi connectivity index (χ1) is 19.0. The molecule has 0 saturated heterocycles. The number of hydrogen-bond donors (Lipinski definition) is 1. The van der Waals surface area contributed by atoms with Gasteiger partial charge in [0.2, 0.25) is 0 Å². The Morgan fingerprint density at radius 3 is 2.25 bits per heavy atom. The van der Waals surface area contributed by atoms with E-state index in [4.69, 9.17) is 0 Å². The number of imide groups is 1. The lowest BCUT2D eigenvalue weighted by Gasteiger charge is -2.25. The van der Waals surface area contributed by atoms with Crippen LogP contribution in [0.2, 0.25) is 0 Å². The zero-order valence-electron chi connectivity index (χ0n) is 20.6. The molecule has 0 spiro atoms. The Morgan fingerprint density at radius 2 is 1.65 bits per heavy atom. The topological polar surface area (TPSA) is 84.3 Å². The molecule has 2 aromatic carbocycles. The number of aromatic nitrogens is 2. The van der Waals surface area contributed by atoms with Gasteiger partial charge in [0.25, 0.3) is 17.7 Å². The molecule has 4 aromatic rings. The van der Waals surface area contributed by atoms with Crippen LogP contribution in [0.1, 0.15) is 41.5 Å². The van der Waals surface area contributed by atoms with Crippen molar-refractivity contribution in [1.82, 2.24) is 20.0 Å². The minimum Gasteiger partial charge on any atom is -0.346 e. The summed E-state index contributed by atoms with van der Waals surface area (Å²) in [6.07, 6.45) is -3.26. The largest absolute Gasteiger partial charge is 0.416 e. The van der Waals surface area contributed by atoms with Gasteiger partial charge in [-0.15, -0.1) is 11.3 Å². The van der Waals surface area contributed by atoms with Gasteiger partial charge in [-0.1, -0.05) is 30.3 Å². The van der Waals surface area contributed by atoms with Crippen LogP contribution in [0.5, 0.6) is 0 Å². The molecule has 0 saturated carbocycles. The molecule has 0 radical (unpaired) electrons. The highest BCUT2D eigenvalue weighted by Crippen LogP contribution is 2.40. The fourth-order valence-corrected chi connectivity index (χ4v) is 7.12. The second-order valence-electron chi connectivity index (χ2n) is 9.05. The van der Waals surface area contributed by atoms with E-state index < -0.39 is 35.5 Å². The highest BCUT2D eigenvalue weighted by Gasteiger charge is 2.38. The third-order valence-corrected chi connectivity index (χ3v) is 9.03. The van der Waals surface area contributed by atoms with Gasteiger partial charge in [-0.25, -0.2) is 0 Å². The summed E-state index contributed by atoms with van der Waals surface area (Å²) < 4.78 is 44.3. The van der Waals surface area contributed by atoms with E-state index in [1.165, 1.54) is 41.7 Å². The highest BCUT2D eigenvalue weighted by molar-refractivity contribution is 9.11. The molecule has 5 rings (SSSR count). The van der Waals surface area contributed by atoms with Crippen LogP contribution in [0.25, 0.3) is 10.6 Å². The first-order valence-electron chi connectivity index (χ1n) is 11.8. The van der Waals surface area contributed by atoms with Crippen LogP contribution in [0.3, 0.4) is 0 Å². The van der Waals surface area contributed by atoms with E-state index in [2.05, 4.69) is 42.3 Å². The Hall–Kier alpha value is -3.29. The van der Waals surface area contributed by atoms with Crippen LogP contribution in [-0.2, 0) is 19.6 Å². The minimum atomic E-state index is -4.62. The molecule has 0 aliphatic carbocycles. The Balaban J connectivity index is 1.46. The average molecular weight is 696 g/mol. The number of nitrogens with one attached hydrogen (secondary N) is 1. The maximum Gasteiger partial charge on any atom is 0.416 e. The first kappa shape index (κ1) is 28.2. The molecule has 2 aromatic heterocycles. The van der Waals surface area contributed by atoms with E-state index in [9.17, 15) is 27.6 Å². The fraction of sp³-hybridized carbons (Fsp3) is 0.185. The number of amides is 3. The van der Waals surface area contributed by atoms with Gasteiger partial charge in [-0.2, -0.15) is 18.3 Å². The lowest BCUT2D eigenvalue weighted by Crippen LogP contribution is -2.47. The van der Waals surface area contributed by atoms with Crippen LogP contribution in [-0.4, -0.2) is 45.0 Å². The number of rotatable bonds is 7. The second kappa shape index (κ2) is 10.9. The molecule has 40 heavy (non-hydrogen) atoms. The van der Waals surface area contributed by atoms with Crippen molar-refractivity contribution in [2.45, 2.75) is 18.6 Å². The molecule has 13 heteroatoms. The molecule has 3 amide bonds. The van der Waals surface area contributed by atoms with Crippen molar-refractivity contribution in [2.24, 2.45) is 7.05 Å². The van der Waals surface area contributed by atoms with Crippen molar-refractivity contribution < 1.29 is 27.6 Å². The number of carbonyl (C=O) groups is 3. The van der Waals surface area contributed by atoms with Crippen molar-refractivity contribution in [2.75, 3.05) is 6.54 Å². The summed E-state index contributed by atoms with van der Waals surface area (Å²) in [5, 5.41) is 6.97. The SMILES string of the molecule is Cn1ncc(Br)c1-c1sc(C(=O)NC(Cc2ccccc2C(F)(F)F)CN2C(=O)c3ccccc3C2=O)cc1Br. The summed E-state index contributed by atoms with van der Waals surface area (Å²) in [5.41, 5.74) is 0.240. The van der Waals surface area contributed by atoms with E-state index >= 15 is 0 Å². The quantitative estimate of drug-likeness (QED) is 0.229. The summed E-state index contributed by atoms with van der Waals surface area (Å²) in [7, 11) is 1.75. The summed E-state index contributed by atoms with van der Waals surface area (Å²) in [4.78, 5) is 41.4. The standard InChI is InChI=1S/C27H19Br2F3N4O3S/c1-35-22(20(29)12-33-35)23-19(28)11-21(40-23)24(37)34-15(10-14-6-2-5-9-18(14)27(30,31)32)13-36-25(38)16-7-3-4-8-17(16)26(36)39/h2-9,11-12,15H,10,13H2,1H3,(H,34,37). The summed E-state index contributed by atoms with van der Waals surface area (Å²) in [5.74, 6) is -1.68. The summed E-state index contributed by atoms with van der Waals surface area (Å²) in [6.45, 7) is -0.309. The average Bonchev–Trinajstić information content (AvgIpc) is 3.53. The highest BCUT2D eigenvalue weighted by atomic mass is 79.9. The number of benzene rings is 2. The number of nitrogens with zero attached hydrogens (tertiary/aromatic N) is 3. The minimum absolute atomic E-state index is 0.0660. The van der Waals surface area contributed by atoms with Gasteiger partial charge in [0.05, 0.1) is 48.8 Å². The van der Waals surface area contributed by atoms with Gasteiger partial charge < -0.3 is 5.32 Å². The van der Waals surface area contributed by atoms with E-state index in [0.717, 1.165) is 26.0 Å².